The number of hydrogen-bond acceptors (Lipinski definition) is 4. The monoisotopic (exact) mass is 289 g/mol. The Labute approximate surface area is 101 Å². The second kappa shape index (κ2) is 5.93. The fourth-order valence-electron chi connectivity index (χ4n) is 1.29. The van der Waals surface area contributed by atoms with Crippen molar-refractivity contribution in [1.29, 1.82) is 0 Å². The summed E-state index contributed by atoms with van der Waals surface area (Å²) in [5.41, 5.74) is 0.435. The van der Waals surface area contributed by atoms with Crippen LogP contribution in [0.5, 0.6) is 0 Å². The Morgan fingerprint density at radius 1 is 1.31 bits per heavy atom. The second-order valence-corrected chi connectivity index (χ2v) is 4.13. The van der Waals surface area contributed by atoms with E-state index in [2.05, 4.69) is 15.9 Å². The molecule has 0 amide bonds. The molecule has 5 nitrogen and oxygen atoms in total. The van der Waals surface area contributed by atoms with Crippen molar-refractivity contribution in [3.8, 4) is 0 Å². The first kappa shape index (κ1) is 13.1. The highest BCUT2D eigenvalue weighted by Gasteiger charge is 2.18. The maximum absolute atomic E-state index is 10.4. The van der Waals surface area contributed by atoms with Gasteiger partial charge in [-0.1, -0.05) is 15.9 Å². The fraction of sp³-hybridized carbons (Fsp3) is 0.400. The van der Waals surface area contributed by atoms with Gasteiger partial charge in [-0.2, -0.15) is 0 Å². The van der Waals surface area contributed by atoms with Gasteiger partial charge in [-0.05, 0) is 24.1 Å². The average molecular weight is 290 g/mol. The standard InChI is InChI=1S/C10H12BrNO4/c11-6-5-9(13)10(14)7-1-3-8(4-2-7)12(15)16/h1-4,9-10,13-14H,5-6H2. The zero-order valence-electron chi connectivity index (χ0n) is 8.41. The molecule has 0 saturated carbocycles. The van der Waals surface area contributed by atoms with Gasteiger partial charge in [0.15, 0.2) is 0 Å². The van der Waals surface area contributed by atoms with Crippen molar-refractivity contribution in [2.24, 2.45) is 0 Å². The van der Waals surface area contributed by atoms with Gasteiger partial charge in [-0.25, -0.2) is 0 Å². The Hall–Kier alpha value is -0.980. The average Bonchev–Trinajstić information content (AvgIpc) is 2.28. The van der Waals surface area contributed by atoms with E-state index in [4.69, 9.17) is 0 Å². The lowest BCUT2D eigenvalue weighted by Crippen LogP contribution is -2.18. The molecular formula is C10H12BrNO4. The van der Waals surface area contributed by atoms with Gasteiger partial charge in [0.2, 0.25) is 0 Å². The van der Waals surface area contributed by atoms with Crippen molar-refractivity contribution in [1.82, 2.24) is 0 Å². The number of aliphatic hydroxyl groups excluding tert-OH is 2. The molecule has 1 aromatic rings. The molecule has 0 aliphatic rings. The van der Waals surface area contributed by atoms with Gasteiger partial charge < -0.3 is 10.2 Å². The molecule has 1 rings (SSSR count). The van der Waals surface area contributed by atoms with Gasteiger partial charge in [0, 0.05) is 17.5 Å². The summed E-state index contributed by atoms with van der Waals surface area (Å²) in [6.07, 6.45) is -1.47. The fourth-order valence-corrected chi connectivity index (χ4v) is 1.75. The molecule has 2 unspecified atom stereocenters. The van der Waals surface area contributed by atoms with E-state index >= 15 is 0 Å². The summed E-state index contributed by atoms with van der Waals surface area (Å²) in [5.74, 6) is 0. The predicted octanol–water partition coefficient (Wildman–Crippen LogP) is 1.77. The number of nitrogens with zero attached hydrogens (tertiary/aromatic N) is 1. The summed E-state index contributed by atoms with van der Waals surface area (Å²) in [5, 5.41) is 30.2. The highest BCUT2D eigenvalue weighted by Crippen LogP contribution is 2.22. The number of rotatable bonds is 5. The number of benzene rings is 1. The van der Waals surface area contributed by atoms with Crippen LogP contribution < -0.4 is 0 Å². The minimum absolute atomic E-state index is 0.0362. The molecule has 0 bridgehead atoms. The molecule has 0 fully saturated rings. The number of hydrogen-bond donors (Lipinski definition) is 2. The van der Waals surface area contributed by atoms with Crippen LogP contribution in [0.4, 0.5) is 5.69 Å². The lowest BCUT2D eigenvalue weighted by atomic mass is 10.0. The molecule has 88 valence electrons. The van der Waals surface area contributed by atoms with Gasteiger partial charge in [0.25, 0.3) is 5.69 Å². The van der Waals surface area contributed by atoms with Crippen molar-refractivity contribution in [2.45, 2.75) is 18.6 Å². The zero-order valence-corrected chi connectivity index (χ0v) is 10.0. The van der Waals surface area contributed by atoms with Crippen LogP contribution in [0, 0.1) is 10.1 Å². The molecule has 0 spiro atoms. The quantitative estimate of drug-likeness (QED) is 0.492. The van der Waals surface area contributed by atoms with Crippen LogP contribution in [0.15, 0.2) is 24.3 Å². The maximum atomic E-state index is 10.4. The van der Waals surface area contributed by atoms with E-state index in [0.717, 1.165) is 0 Å². The van der Waals surface area contributed by atoms with Gasteiger partial charge in [0.05, 0.1) is 11.0 Å². The molecule has 2 atom stereocenters. The largest absolute Gasteiger partial charge is 0.390 e. The van der Waals surface area contributed by atoms with Gasteiger partial charge in [-0.15, -0.1) is 0 Å². The lowest BCUT2D eigenvalue weighted by Gasteiger charge is -2.16. The first-order valence-corrected chi connectivity index (χ1v) is 5.85. The van der Waals surface area contributed by atoms with Crippen LogP contribution in [0.25, 0.3) is 0 Å². The van der Waals surface area contributed by atoms with Gasteiger partial charge in [0.1, 0.15) is 6.10 Å². The smallest absolute Gasteiger partial charge is 0.269 e. The highest BCUT2D eigenvalue weighted by atomic mass is 79.9. The van der Waals surface area contributed by atoms with Crippen molar-refractivity contribution in [3.05, 3.63) is 39.9 Å². The van der Waals surface area contributed by atoms with E-state index in [1.54, 1.807) is 0 Å². The molecule has 6 heteroatoms. The maximum Gasteiger partial charge on any atom is 0.269 e. The molecule has 0 aliphatic heterocycles. The zero-order chi connectivity index (χ0) is 12.1. The molecule has 0 aliphatic carbocycles. The summed E-state index contributed by atoms with van der Waals surface area (Å²) in [6, 6.07) is 5.50. The number of nitro groups is 1. The summed E-state index contributed by atoms with van der Waals surface area (Å²) in [7, 11) is 0. The molecule has 0 saturated heterocycles. The molecule has 2 N–H and O–H groups in total. The summed E-state index contributed by atoms with van der Waals surface area (Å²) >= 11 is 3.16. The molecule has 16 heavy (non-hydrogen) atoms. The van der Waals surface area contributed by atoms with Crippen LogP contribution in [-0.4, -0.2) is 26.6 Å². The first-order chi connectivity index (χ1) is 7.56. The van der Waals surface area contributed by atoms with E-state index < -0.39 is 17.1 Å². The summed E-state index contributed by atoms with van der Waals surface area (Å²) in [4.78, 5) is 9.90. The van der Waals surface area contributed by atoms with E-state index in [0.29, 0.717) is 17.3 Å². The normalized spacial score (nSPS) is 14.4. The number of nitro benzene ring substituents is 1. The summed E-state index contributed by atoms with van der Waals surface area (Å²) < 4.78 is 0. The molecule has 1 aromatic carbocycles. The van der Waals surface area contributed by atoms with Crippen molar-refractivity contribution in [2.75, 3.05) is 5.33 Å². The third-order valence-corrected chi connectivity index (χ3v) is 2.67. The Morgan fingerprint density at radius 3 is 2.31 bits per heavy atom. The molecule has 0 radical (unpaired) electrons. The number of alkyl halides is 1. The number of aliphatic hydroxyl groups is 2. The lowest BCUT2D eigenvalue weighted by molar-refractivity contribution is -0.384. The van der Waals surface area contributed by atoms with E-state index in [-0.39, 0.29) is 5.69 Å². The molecular weight excluding hydrogens is 278 g/mol. The van der Waals surface area contributed by atoms with E-state index in [1.165, 1.54) is 24.3 Å². The number of non-ortho nitro benzene ring substituents is 1. The van der Waals surface area contributed by atoms with E-state index in [1.807, 2.05) is 0 Å². The third-order valence-electron chi connectivity index (χ3n) is 2.21. The Balaban J connectivity index is 2.77. The minimum Gasteiger partial charge on any atom is -0.390 e. The van der Waals surface area contributed by atoms with E-state index in [9.17, 15) is 20.3 Å². The SMILES string of the molecule is O=[N+]([O-])c1ccc(C(O)C(O)CCBr)cc1. The number of halogens is 1. The first-order valence-electron chi connectivity index (χ1n) is 4.72. The van der Waals surface area contributed by atoms with Gasteiger partial charge >= 0.3 is 0 Å². The topological polar surface area (TPSA) is 83.6 Å². The molecule has 0 aromatic heterocycles. The van der Waals surface area contributed by atoms with Crippen LogP contribution in [0.1, 0.15) is 18.1 Å². The third kappa shape index (κ3) is 3.26. The van der Waals surface area contributed by atoms with Crippen molar-refractivity contribution in [3.63, 3.8) is 0 Å². The predicted molar refractivity (Wildman–Crippen MR) is 62.5 cm³/mol. The van der Waals surface area contributed by atoms with Gasteiger partial charge in [-0.3, -0.25) is 10.1 Å². The Morgan fingerprint density at radius 2 is 1.88 bits per heavy atom. The van der Waals surface area contributed by atoms with Crippen LogP contribution in [-0.2, 0) is 0 Å². The summed E-state index contributed by atoms with van der Waals surface area (Å²) in [6.45, 7) is 0. The van der Waals surface area contributed by atoms with Crippen molar-refractivity contribution >= 4 is 21.6 Å². The highest BCUT2D eigenvalue weighted by molar-refractivity contribution is 9.09. The van der Waals surface area contributed by atoms with Crippen LogP contribution in [0.2, 0.25) is 0 Å². The minimum atomic E-state index is -1.02. The van der Waals surface area contributed by atoms with Crippen LogP contribution in [0.3, 0.4) is 0 Å². The second-order valence-electron chi connectivity index (χ2n) is 3.34. The molecule has 0 heterocycles. The van der Waals surface area contributed by atoms with Crippen molar-refractivity contribution < 1.29 is 15.1 Å². The van der Waals surface area contributed by atoms with Crippen LogP contribution >= 0.6 is 15.9 Å². The Kier molecular flexibility index (Phi) is 4.85. The Bertz CT molecular complexity index is 354.